The first-order chi connectivity index (χ1) is 12.8. The molecule has 128 valence electrons. The zero-order valence-electron chi connectivity index (χ0n) is 14.1. The molecule has 5 heteroatoms. The highest BCUT2D eigenvalue weighted by Gasteiger charge is 2.32. The van der Waals surface area contributed by atoms with Crippen LogP contribution in [0.1, 0.15) is 18.0 Å². The molecule has 1 aliphatic rings. The highest BCUT2D eigenvalue weighted by Crippen LogP contribution is 2.35. The average Bonchev–Trinajstić information content (AvgIpc) is 3.16. The Bertz CT molecular complexity index is 911. The molecule has 1 N–H and O–H groups in total. The van der Waals surface area contributed by atoms with Crippen molar-refractivity contribution in [3.8, 4) is 0 Å². The number of carbonyl (C=O) groups is 1. The summed E-state index contributed by atoms with van der Waals surface area (Å²) >= 11 is 0. The number of carbonyl (C=O) groups excluding carboxylic acids is 1. The van der Waals surface area contributed by atoms with Gasteiger partial charge in [-0.25, -0.2) is 4.98 Å². The van der Waals surface area contributed by atoms with Crippen molar-refractivity contribution in [2.45, 2.75) is 12.5 Å². The first kappa shape index (κ1) is 16.0. The Labute approximate surface area is 152 Å². The van der Waals surface area contributed by atoms with E-state index in [1.54, 1.807) is 12.3 Å². The number of pyridine rings is 1. The predicted octanol–water partition coefficient (Wildman–Crippen LogP) is 4.03. The van der Waals surface area contributed by atoms with Gasteiger partial charge in [0.15, 0.2) is 0 Å². The Morgan fingerprint density at radius 2 is 1.62 bits per heavy atom. The summed E-state index contributed by atoms with van der Waals surface area (Å²) in [6.07, 6.45) is 2.19. The molecule has 2 aromatic carbocycles. The Morgan fingerprint density at radius 1 is 0.923 bits per heavy atom. The SMILES string of the molecule is O=C(Nc1ccccn1)C1=NN(c2ccccc2)[C@@H](c2ccccc2)C1. The summed E-state index contributed by atoms with van der Waals surface area (Å²) in [4.78, 5) is 16.8. The van der Waals surface area contributed by atoms with Gasteiger partial charge in [0.25, 0.3) is 5.91 Å². The van der Waals surface area contributed by atoms with Gasteiger partial charge < -0.3 is 5.32 Å². The zero-order chi connectivity index (χ0) is 17.8. The number of hydrogen-bond donors (Lipinski definition) is 1. The van der Waals surface area contributed by atoms with Gasteiger partial charge in [-0.05, 0) is 29.8 Å². The van der Waals surface area contributed by atoms with Crippen molar-refractivity contribution in [3.05, 3.63) is 90.6 Å². The summed E-state index contributed by atoms with van der Waals surface area (Å²) in [5.74, 6) is 0.303. The van der Waals surface area contributed by atoms with E-state index in [4.69, 9.17) is 0 Å². The van der Waals surface area contributed by atoms with Crippen molar-refractivity contribution in [1.29, 1.82) is 0 Å². The van der Waals surface area contributed by atoms with Crippen molar-refractivity contribution < 1.29 is 4.79 Å². The largest absolute Gasteiger partial charge is 0.305 e. The summed E-state index contributed by atoms with van der Waals surface area (Å²) in [6.45, 7) is 0. The minimum absolute atomic E-state index is 0.0110. The van der Waals surface area contributed by atoms with Crippen LogP contribution in [0.3, 0.4) is 0 Å². The monoisotopic (exact) mass is 342 g/mol. The third-order valence-electron chi connectivity index (χ3n) is 4.28. The molecule has 0 unspecified atom stereocenters. The van der Waals surface area contributed by atoms with Crippen molar-refractivity contribution in [2.75, 3.05) is 10.3 Å². The molecule has 2 heterocycles. The number of hydrazone groups is 1. The average molecular weight is 342 g/mol. The van der Waals surface area contributed by atoms with Gasteiger partial charge in [0.1, 0.15) is 11.5 Å². The van der Waals surface area contributed by atoms with Crippen molar-refractivity contribution in [2.24, 2.45) is 5.10 Å². The summed E-state index contributed by atoms with van der Waals surface area (Å²) in [7, 11) is 0. The lowest BCUT2D eigenvalue weighted by Crippen LogP contribution is -2.22. The molecule has 0 spiro atoms. The van der Waals surface area contributed by atoms with Gasteiger partial charge in [-0.2, -0.15) is 5.10 Å². The fraction of sp³-hybridized carbons (Fsp3) is 0.0952. The fourth-order valence-electron chi connectivity index (χ4n) is 3.03. The van der Waals surface area contributed by atoms with E-state index in [2.05, 4.69) is 27.5 Å². The van der Waals surface area contributed by atoms with E-state index in [1.807, 2.05) is 65.7 Å². The number of amides is 1. The first-order valence-electron chi connectivity index (χ1n) is 8.50. The molecule has 3 aromatic rings. The van der Waals surface area contributed by atoms with E-state index in [9.17, 15) is 4.79 Å². The maximum atomic E-state index is 12.7. The molecule has 0 aliphatic carbocycles. The van der Waals surface area contributed by atoms with Crippen LogP contribution in [-0.4, -0.2) is 16.6 Å². The van der Waals surface area contributed by atoms with Gasteiger partial charge in [0.05, 0.1) is 11.7 Å². The lowest BCUT2D eigenvalue weighted by molar-refractivity contribution is -0.110. The second-order valence-electron chi connectivity index (χ2n) is 6.03. The second kappa shape index (κ2) is 7.19. The van der Waals surface area contributed by atoms with E-state index in [-0.39, 0.29) is 11.9 Å². The molecule has 0 saturated carbocycles. The number of para-hydroxylation sites is 1. The molecule has 0 bridgehead atoms. The standard InChI is InChI=1S/C21H18N4O/c26-21(23-20-13-7-8-14-22-20)18-15-19(16-9-3-1-4-10-16)25(24-18)17-11-5-2-6-12-17/h1-14,19H,15H2,(H,22,23,26)/t19-/m1/s1. The number of hydrogen-bond acceptors (Lipinski definition) is 4. The molecular weight excluding hydrogens is 324 g/mol. The quantitative estimate of drug-likeness (QED) is 0.779. The van der Waals surface area contributed by atoms with Crippen molar-refractivity contribution >= 4 is 23.1 Å². The Morgan fingerprint density at radius 3 is 2.31 bits per heavy atom. The molecule has 0 fully saturated rings. The third-order valence-corrected chi connectivity index (χ3v) is 4.28. The van der Waals surface area contributed by atoms with E-state index in [1.165, 1.54) is 0 Å². The second-order valence-corrected chi connectivity index (χ2v) is 6.03. The topological polar surface area (TPSA) is 57.6 Å². The maximum absolute atomic E-state index is 12.7. The molecule has 4 rings (SSSR count). The lowest BCUT2D eigenvalue weighted by Gasteiger charge is -2.23. The van der Waals surface area contributed by atoms with Gasteiger partial charge in [0.2, 0.25) is 0 Å². The zero-order valence-corrected chi connectivity index (χ0v) is 14.1. The van der Waals surface area contributed by atoms with E-state index in [0.717, 1.165) is 11.3 Å². The van der Waals surface area contributed by atoms with Crippen LogP contribution >= 0.6 is 0 Å². The third kappa shape index (κ3) is 3.32. The van der Waals surface area contributed by atoms with E-state index in [0.29, 0.717) is 18.0 Å². The van der Waals surface area contributed by atoms with E-state index < -0.39 is 0 Å². The number of nitrogens with one attached hydrogen (secondary N) is 1. The molecule has 0 saturated heterocycles. The molecule has 26 heavy (non-hydrogen) atoms. The highest BCUT2D eigenvalue weighted by molar-refractivity contribution is 6.43. The number of rotatable bonds is 4. The molecule has 1 amide bonds. The van der Waals surface area contributed by atoms with Crippen molar-refractivity contribution in [3.63, 3.8) is 0 Å². The van der Waals surface area contributed by atoms with Crippen LogP contribution in [0.2, 0.25) is 0 Å². The van der Waals surface area contributed by atoms with Crippen LogP contribution in [-0.2, 0) is 4.79 Å². The number of benzene rings is 2. The molecule has 0 radical (unpaired) electrons. The smallest absolute Gasteiger partial charge is 0.273 e. The minimum Gasteiger partial charge on any atom is -0.305 e. The van der Waals surface area contributed by atoms with Gasteiger partial charge in [-0.3, -0.25) is 9.80 Å². The highest BCUT2D eigenvalue weighted by atomic mass is 16.2. The number of aromatic nitrogens is 1. The lowest BCUT2D eigenvalue weighted by atomic mass is 10.0. The van der Waals surface area contributed by atoms with Crippen LogP contribution in [0.15, 0.2) is 90.2 Å². The summed E-state index contributed by atoms with van der Waals surface area (Å²) in [6, 6.07) is 25.4. The van der Waals surface area contributed by atoms with Crippen LogP contribution in [0.5, 0.6) is 0 Å². The summed E-state index contributed by atoms with van der Waals surface area (Å²) in [5.41, 5.74) is 2.58. The van der Waals surface area contributed by atoms with Crippen LogP contribution in [0, 0.1) is 0 Å². The van der Waals surface area contributed by atoms with Crippen LogP contribution < -0.4 is 10.3 Å². The molecule has 1 aromatic heterocycles. The van der Waals surface area contributed by atoms with Gasteiger partial charge in [-0.1, -0.05) is 54.6 Å². The molecule has 1 aliphatic heterocycles. The van der Waals surface area contributed by atoms with Gasteiger partial charge in [-0.15, -0.1) is 0 Å². The van der Waals surface area contributed by atoms with Gasteiger partial charge >= 0.3 is 0 Å². The van der Waals surface area contributed by atoms with Gasteiger partial charge in [0, 0.05) is 12.6 Å². The molecule has 5 nitrogen and oxygen atoms in total. The van der Waals surface area contributed by atoms with Crippen LogP contribution in [0.4, 0.5) is 11.5 Å². The Hall–Kier alpha value is -3.47. The van der Waals surface area contributed by atoms with Crippen molar-refractivity contribution in [1.82, 2.24) is 4.98 Å². The van der Waals surface area contributed by atoms with Crippen LogP contribution in [0.25, 0.3) is 0 Å². The Kier molecular flexibility index (Phi) is 4.43. The number of anilines is 2. The summed E-state index contributed by atoms with van der Waals surface area (Å²) < 4.78 is 0. The Balaban J connectivity index is 1.63. The summed E-state index contributed by atoms with van der Waals surface area (Å²) in [5, 5.41) is 9.36. The number of nitrogens with zero attached hydrogens (tertiary/aromatic N) is 3. The molecule has 1 atom stereocenters. The minimum atomic E-state index is -0.219. The first-order valence-corrected chi connectivity index (χ1v) is 8.50. The van der Waals surface area contributed by atoms with E-state index >= 15 is 0 Å². The predicted molar refractivity (Wildman–Crippen MR) is 103 cm³/mol. The fourth-order valence-corrected chi connectivity index (χ4v) is 3.03. The maximum Gasteiger partial charge on any atom is 0.273 e. The molecular formula is C21H18N4O. The normalized spacial score (nSPS) is 16.2.